The van der Waals surface area contributed by atoms with Crippen molar-refractivity contribution in [1.82, 2.24) is 15.2 Å². The highest BCUT2D eigenvalue weighted by molar-refractivity contribution is 6.10. The summed E-state index contributed by atoms with van der Waals surface area (Å²) >= 11 is 0. The number of fused-ring (bicyclic) bond motifs is 6. The van der Waals surface area contributed by atoms with E-state index in [4.69, 9.17) is 0 Å². The molecule has 2 bridgehead atoms. The first-order chi connectivity index (χ1) is 12.1. The van der Waals surface area contributed by atoms with Crippen LogP contribution in [0.5, 0.6) is 0 Å². The standard InChI is InChI=1S/C17H14N4O4/c22-12(18-10-2-1-3-11-15(10)20-25-19-11)7-21-16(23)13-8-4-5-9(6-8)14(13)17(21)24/h1-5,8-9,13-14H,6-7H2,(H,18,22). The quantitative estimate of drug-likeness (QED) is 0.660. The predicted molar refractivity (Wildman–Crippen MR) is 84.9 cm³/mol. The molecule has 1 aromatic heterocycles. The van der Waals surface area contributed by atoms with Gasteiger partial charge in [-0.1, -0.05) is 18.2 Å². The number of nitrogens with one attached hydrogen (secondary N) is 1. The molecule has 3 amide bonds. The minimum atomic E-state index is -0.447. The van der Waals surface area contributed by atoms with Crippen LogP contribution in [-0.4, -0.2) is 39.5 Å². The smallest absolute Gasteiger partial charge is 0.244 e. The minimum absolute atomic E-state index is 0.134. The Labute approximate surface area is 141 Å². The van der Waals surface area contributed by atoms with Crippen LogP contribution in [0.3, 0.4) is 0 Å². The number of imide groups is 1. The Bertz CT molecular complexity index is 919. The molecule has 2 aliphatic carbocycles. The Morgan fingerprint density at radius 1 is 1.16 bits per heavy atom. The Balaban J connectivity index is 1.34. The second kappa shape index (κ2) is 4.98. The number of aromatic nitrogens is 2. The van der Waals surface area contributed by atoms with E-state index in [0.717, 1.165) is 11.3 Å². The number of hydrogen-bond donors (Lipinski definition) is 1. The average Bonchev–Trinajstić information content (AvgIpc) is 3.35. The molecule has 5 rings (SSSR count). The zero-order valence-electron chi connectivity index (χ0n) is 13.1. The van der Waals surface area contributed by atoms with Crippen molar-refractivity contribution in [1.29, 1.82) is 0 Å². The van der Waals surface area contributed by atoms with Crippen LogP contribution in [0.15, 0.2) is 35.0 Å². The largest absolute Gasteiger partial charge is 0.322 e. The molecule has 0 radical (unpaired) electrons. The maximum absolute atomic E-state index is 12.6. The lowest BCUT2D eigenvalue weighted by Gasteiger charge is -2.16. The van der Waals surface area contributed by atoms with Crippen molar-refractivity contribution in [2.75, 3.05) is 11.9 Å². The van der Waals surface area contributed by atoms with Gasteiger partial charge in [0.25, 0.3) is 0 Å². The van der Waals surface area contributed by atoms with Gasteiger partial charge in [-0.05, 0) is 40.7 Å². The van der Waals surface area contributed by atoms with Crippen molar-refractivity contribution in [3.63, 3.8) is 0 Å². The van der Waals surface area contributed by atoms with Crippen LogP contribution in [0.25, 0.3) is 11.0 Å². The van der Waals surface area contributed by atoms with E-state index in [2.05, 4.69) is 20.3 Å². The van der Waals surface area contributed by atoms with Crippen molar-refractivity contribution >= 4 is 34.4 Å². The summed E-state index contributed by atoms with van der Waals surface area (Å²) in [6, 6.07) is 5.08. The van der Waals surface area contributed by atoms with Gasteiger partial charge in [0.05, 0.1) is 17.5 Å². The summed E-state index contributed by atoms with van der Waals surface area (Å²) in [6.45, 7) is -0.286. The summed E-state index contributed by atoms with van der Waals surface area (Å²) in [4.78, 5) is 38.7. The van der Waals surface area contributed by atoms with E-state index >= 15 is 0 Å². The van der Waals surface area contributed by atoms with Crippen LogP contribution in [0.1, 0.15) is 6.42 Å². The number of benzene rings is 1. The third-order valence-corrected chi connectivity index (χ3v) is 5.42. The number of carbonyl (C=O) groups is 3. The van der Waals surface area contributed by atoms with Gasteiger partial charge >= 0.3 is 0 Å². The van der Waals surface area contributed by atoms with E-state index < -0.39 is 5.91 Å². The van der Waals surface area contributed by atoms with Crippen LogP contribution in [0.4, 0.5) is 5.69 Å². The average molecular weight is 338 g/mol. The summed E-state index contributed by atoms with van der Waals surface area (Å²) in [6.07, 6.45) is 4.92. The molecule has 1 saturated carbocycles. The van der Waals surface area contributed by atoms with Gasteiger partial charge < -0.3 is 5.32 Å². The van der Waals surface area contributed by atoms with E-state index in [1.54, 1.807) is 18.2 Å². The maximum Gasteiger partial charge on any atom is 0.244 e. The number of amides is 3. The van der Waals surface area contributed by atoms with Gasteiger partial charge in [0.2, 0.25) is 17.7 Å². The first kappa shape index (κ1) is 14.3. The molecule has 3 aliphatic rings. The molecule has 1 N–H and O–H groups in total. The number of nitrogens with zero attached hydrogens (tertiary/aromatic N) is 3. The molecular formula is C17H14N4O4. The van der Waals surface area contributed by atoms with Crippen LogP contribution in [0, 0.1) is 23.7 Å². The summed E-state index contributed by atoms with van der Waals surface area (Å²) < 4.78 is 4.66. The number of carbonyl (C=O) groups excluding carboxylic acids is 3. The number of allylic oxidation sites excluding steroid dienone is 2. The Hall–Kier alpha value is -3.03. The Kier molecular flexibility index (Phi) is 2.85. The highest BCUT2D eigenvalue weighted by Gasteiger charge is 2.59. The van der Waals surface area contributed by atoms with Gasteiger partial charge in [-0.3, -0.25) is 19.3 Å². The fourth-order valence-electron chi connectivity index (χ4n) is 4.36. The molecule has 8 heteroatoms. The zero-order chi connectivity index (χ0) is 17.1. The van der Waals surface area contributed by atoms with Crippen LogP contribution < -0.4 is 5.32 Å². The highest BCUT2D eigenvalue weighted by atomic mass is 16.6. The van der Waals surface area contributed by atoms with E-state index in [9.17, 15) is 14.4 Å². The van der Waals surface area contributed by atoms with Crippen molar-refractivity contribution in [3.8, 4) is 0 Å². The molecule has 0 spiro atoms. The van der Waals surface area contributed by atoms with Gasteiger partial charge in [0.15, 0.2) is 5.52 Å². The Morgan fingerprint density at radius 2 is 1.88 bits per heavy atom. The fraction of sp³-hybridized carbons (Fsp3) is 0.353. The van der Waals surface area contributed by atoms with Crippen LogP contribution >= 0.6 is 0 Å². The molecule has 25 heavy (non-hydrogen) atoms. The Morgan fingerprint density at radius 3 is 2.60 bits per heavy atom. The lowest BCUT2D eigenvalue weighted by molar-refractivity contribution is -0.143. The normalized spacial score (nSPS) is 29.7. The summed E-state index contributed by atoms with van der Waals surface area (Å²) in [5.74, 6) is -1.23. The van der Waals surface area contributed by atoms with Crippen LogP contribution in [0.2, 0.25) is 0 Å². The van der Waals surface area contributed by atoms with Gasteiger partial charge in [-0.2, -0.15) is 0 Å². The molecule has 8 nitrogen and oxygen atoms in total. The van der Waals surface area contributed by atoms with Gasteiger partial charge in [-0.25, -0.2) is 4.63 Å². The van der Waals surface area contributed by atoms with Gasteiger partial charge in [0, 0.05) is 0 Å². The molecule has 1 saturated heterocycles. The van der Waals surface area contributed by atoms with E-state index in [-0.39, 0.29) is 42.0 Å². The topological polar surface area (TPSA) is 105 Å². The molecule has 2 aromatic rings. The van der Waals surface area contributed by atoms with Gasteiger partial charge in [-0.15, -0.1) is 0 Å². The van der Waals surface area contributed by atoms with E-state index in [1.807, 2.05) is 12.2 Å². The molecular weight excluding hydrogens is 324 g/mol. The summed E-state index contributed by atoms with van der Waals surface area (Å²) in [5, 5.41) is 10.1. The maximum atomic E-state index is 12.6. The first-order valence-corrected chi connectivity index (χ1v) is 8.18. The molecule has 1 aromatic carbocycles. The number of rotatable bonds is 3. The number of anilines is 1. The monoisotopic (exact) mass is 338 g/mol. The minimum Gasteiger partial charge on any atom is -0.322 e. The van der Waals surface area contributed by atoms with Crippen molar-refractivity contribution < 1.29 is 19.0 Å². The molecule has 126 valence electrons. The SMILES string of the molecule is O=C(CN1C(=O)C2C3C=CC(C3)C2C1=O)Nc1cccc2nonc12. The van der Waals surface area contributed by atoms with Crippen molar-refractivity contribution in [2.24, 2.45) is 23.7 Å². The summed E-state index contributed by atoms with van der Waals surface area (Å²) in [7, 11) is 0. The fourth-order valence-corrected chi connectivity index (χ4v) is 4.36. The lowest BCUT2D eigenvalue weighted by Crippen LogP contribution is -2.39. The molecule has 2 fully saturated rings. The third kappa shape index (κ3) is 1.97. The van der Waals surface area contributed by atoms with E-state index in [1.165, 1.54) is 0 Å². The summed E-state index contributed by atoms with van der Waals surface area (Å²) in [5.41, 5.74) is 1.38. The molecule has 4 unspecified atom stereocenters. The zero-order valence-corrected chi connectivity index (χ0v) is 13.1. The predicted octanol–water partition coefficient (Wildman–Crippen LogP) is 0.968. The van der Waals surface area contributed by atoms with Crippen molar-refractivity contribution in [3.05, 3.63) is 30.4 Å². The van der Waals surface area contributed by atoms with Gasteiger partial charge in [0.1, 0.15) is 12.1 Å². The lowest BCUT2D eigenvalue weighted by atomic mass is 9.85. The first-order valence-electron chi connectivity index (χ1n) is 8.18. The second-order valence-corrected chi connectivity index (χ2v) is 6.75. The van der Waals surface area contributed by atoms with E-state index in [0.29, 0.717) is 16.7 Å². The molecule has 2 heterocycles. The number of likely N-dealkylation sites (tertiary alicyclic amines) is 1. The number of hydrogen-bond acceptors (Lipinski definition) is 6. The second-order valence-electron chi connectivity index (χ2n) is 6.75. The highest BCUT2D eigenvalue weighted by Crippen LogP contribution is 2.52. The molecule has 1 aliphatic heterocycles. The third-order valence-electron chi connectivity index (χ3n) is 5.42. The van der Waals surface area contributed by atoms with Crippen molar-refractivity contribution in [2.45, 2.75) is 6.42 Å². The molecule has 4 atom stereocenters. The van der Waals surface area contributed by atoms with Crippen LogP contribution in [-0.2, 0) is 14.4 Å².